The molecule has 1 heterocycles. The molecule has 1 atom stereocenters. The number of hydrogen-bond acceptors (Lipinski definition) is 3. The molecule has 86 valence electrons. The van der Waals surface area contributed by atoms with Gasteiger partial charge in [0.15, 0.2) is 0 Å². The minimum atomic E-state index is -0.500. The highest BCUT2D eigenvalue weighted by molar-refractivity contribution is 5.93. The normalized spacial score (nSPS) is 11.7. The van der Waals surface area contributed by atoms with Crippen molar-refractivity contribution in [1.82, 2.24) is 9.78 Å². The first-order valence-corrected chi connectivity index (χ1v) is 4.73. The van der Waals surface area contributed by atoms with Gasteiger partial charge in [-0.15, -0.1) is 12.4 Å². The Bertz CT molecular complexity index is 311. The molecular formula is C9H17ClN4O. The zero-order valence-corrected chi connectivity index (χ0v) is 9.75. The molecule has 0 saturated heterocycles. The van der Waals surface area contributed by atoms with E-state index in [9.17, 15) is 4.79 Å². The van der Waals surface area contributed by atoms with E-state index < -0.39 is 6.04 Å². The van der Waals surface area contributed by atoms with E-state index in [4.69, 9.17) is 5.73 Å². The lowest BCUT2D eigenvalue weighted by Gasteiger charge is -2.09. The van der Waals surface area contributed by atoms with Crippen LogP contribution < -0.4 is 11.1 Å². The van der Waals surface area contributed by atoms with Gasteiger partial charge in [0.2, 0.25) is 5.91 Å². The average molecular weight is 233 g/mol. The molecule has 0 fully saturated rings. The third kappa shape index (κ3) is 3.89. The van der Waals surface area contributed by atoms with Crippen LogP contribution in [0.3, 0.4) is 0 Å². The van der Waals surface area contributed by atoms with Crippen molar-refractivity contribution in [2.24, 2.45) is 5.73 Å². The molecular weight excluding hydrogens is 216 g/mol. The molecule has 0 aliphatic heterocycles. The highest BCUT2D eigenvalue weighted by Crippen LogP contribution is 2.06. The number of nitrogens with one attached hydrogen (secondary N) is 1. The van der Waals surface area contributed by atoms with E-state index in [0.29, 0.717) is 5.82 Å². The SMILES string of the molecule is CCCn1nccc1NC(=O)[C@@H](C)N.Cl. The first kappa shape index (κ1) is 13.9. The fraction of sp³-hybridized carbons (Fsp3) is 0.556. The number of aryl methyl sites for hydroxylation is 1. The molecule has 1 aromatic heterocycles. The number of aromatic nitrogens is 2. The third-order valence-corrected chi connectivity index (χ3v) is 1.82. The van der Waals surface area contributed by atoms with Gasteiger partial charge in [0, 0.05) is 12.6 Å². The fourth-order valence-corrected chi connectivity index (χ4v) is 1.07. The van der Waals surface area contributed by atoms with Crippen molar-refractivity contribution in [2.75, 3.05) is 5.32 Å². The predicted octanol–water partition coefficient (Wildman–Crippen LogP) is 1.00. The molecule has 0 unspecified atom stereocenters. The molecule has 0 radical (unpaired) electrons. The molecule has 0 saturated carbocycles. The number of rotatable bonds is 4. The molecule has 1 rings (SSSR count). The lowest BCUT2D eigenvalue weighted by atomic mass is 10.3. The fourth-order valence-electron chi connectivity index (χ4n) is 1.07. The minimum absolute atomic E-state index is 0. The summed E-state index contributed by atoms with van der Waals surface area (Å²) >= 11 is 0. The Morgan fingerprint density at radius 1 is 1.73 bits per heavy atom. The van der Waals surface area contributed by atoms with Crippen molar-refractivity contribution in [3.05, 3.63) is 12.3 Å². The van der Waals surface area contributed by atoms with Gasteiger partial charge in [-0.1, -0.05) is 6.92 Å². The first-order chi connectivity index (χ1) is 6.65. The van der Waals surface area contributed by atoms with Crippen LogP contribution in [0.2, 0.25) is 0 Å². The van der Waals surface area contributed by atoms with Crippen LogP contribution in [0.5, 0.6) is 0 Å². The number of halogens is 1. The second-order valence-electron chi connectivity index (χ2n) is 3.22. The standard InChI is InChI=1S/C9H16N4O.ClH/c1-3-6-13-8(4-5-11-13)12-9(14)7(2)10;/h4-5,7H,3,6,10H2,1-2H3,(H,12,14);1H/t7-;/m1./s1. The lowest BCUT2D eigenvalue weighted by molar-refractivity contribution is -0.117. The molecule has 0 aliphatic rings. The van der Waals surface area contributed by atoms with Crippen LogP contribution in [0.1, 0.15) is 20.3 Å². The lowest BCUT2D eigenvalue weighted by Crippen LogP contribution is -2.33. The number of anilines is 1. The largest absolute Gasteiger partial charge is 0.320 e. The van der Waals surface area contributed by atoms with E-state index in [1.165, 1.54) is 0 Å². The van der Waals surface area contributed by atoms with Gasteiger partial charge in [-0.05, 0) is 13.3 Å². The third-order valence-electron chi connectivity index (χ3n) is 1.82. The zero-order valence-electron chi connectivity index (χ0n) is 8.93. The summed E-state index contributed by atoms with van der Waals surface area (Å²) in [5, 5.41) is 6.79. The van der Waals surface area contributed by atoms with Crippen LogP contribution in [-0.4, -0.2) is 21.7 Å². The van der Waals surface area contributed by atoms with Crippen molar-refractivity contribution >= 4 is 24.1 Å². The predicted molar refractivity (Wildman–Crippen MR) is 62.0 cm³/mol. The van der Waals surface area contributed by atoms with Crippen molar-refractivity contribution in [3.63, 3.8) is 0 Å². The van der Waals surface area contributed by atoms with E-state index >= 15 is 0 Å². The summed E-state index contributed by atoms with van der Waals surface area (Å²) < 4.78 is 1.75. The van der Waals surface area contributed by atoms with Gasteiger partial charge in [0.25, 0.3) is 0 Å². The van der Waals surface area contributed by atoms with Gasteiger partial charge in [-0.25, -0.2) is 4.68 Å². The van der Waals surface area contributed by atoms with Crippen molar-refractivity contribution in [1.29, 1.82) is 0 Å². The smallest absolute Gasteiger partial charge is 0.242 e. The second-order valence-corrected chi connectivity index (χ2v) is 3.22. The van der Waals surface area contributed by atoms with Crippen LogP contribution >= 0.6 is 12.4 Å². The number of carbonyl (C=O) groups excluding carboxylic acids is 1. The summed E-state index contributed by atoms with van der Waals surface area (Å²) in [6.07, 6.45) is 2.63. The van der Waals surface area contributed by atoms with E-state index in [1.54, 1.807) is 23.9 Å². The Kier molecular flexibility index (Phi) is 5.96. The first-order valence-electron chi connectivity index (χ1n) is 4.73. The summed E-state index contributed by atoms with van der Waals surface area (Å²) in [5.41, 5.74) is 5.43. The molecule has 15 heavy (non-hydrogen) atoms. The topological polar surface area (TPSA) is 72.9 Å². The number of amides is 1. The number of nitrogens with two attached hydrogens (primary N) is 1. The monoisotopic (exact) mass is 232 g/mol. The molecule has 0 bridgehead atoms. The van der Waals surface area contributed by atoms with Crippen molar-refractivity contribution in [2.45, 2.75) is 32.9 Å². The quantitative estimate of drug-likeness (QED) is 0.814. The van der Waals surface area contributed by atoms with Crippen molar-refractivity contribution in [3.8, 4) is 0 Å². The Morgan fingerprint density at radius 3 is 2.93 bits per heavy atom. The number of nitrogens with zero attached hydrogens (tertiary/aromatic N) is 2. The van der Waals surface area contributed by atoms with Crippen LogP contribution in [0, 0.1) is 0 Å². The molecule has 6 heteroatoms. The van der Waals surface area contributed by atoms with Gasteiger partial charge in [0.05, 0.1) is 12.2 Å². The van der Waals surface area contributed by atoms with Crippen LogP contribution in [0.4, 0.5) is 5.82 Å². The number of carbonyl (C=O) groups is 1. The van der Waals surface area contributed by atoms with E-state index in [1.807, 2.05) is 0 Å². The van der Waals surface area contributed by atoms with E-state index in [2.05, 4.69) is 17.3 Å². The number of hydrogen-bond donors (Lipinski definition) is 2. The Hall–Kier alpha value is -1.07. The summed E-state index contributed by atoms with van der Waals surface area (Å²) in [6, 6.07) is 1.26. The average Bonchev–Trinajstić information content (AvgIpc) is 2.53. The summed E-state index contributed by atoms with van der Waals surface area (Å²) in [6.45, 7) is 4.50. The maximum atomic E-state index is 11.3. The van der Waals surface area contributed by atoms with E-state index in [-0.39, 0.29) is 18.3 Å². The van der Waals surface area contributed by atoms with Gasteiger partial charge in [-0.2, -0.15) is 5.10 Å². The highest BCUT2D eigenvalue weighted by Gasteiger charge is 2.09. The molecule has 3 N–H and O–H groups in total. The maximum Gasteiger partial charge on any atom is 0.242 e. The van der Waals surface area contributed by atoms with Gasteiger partial charge >= 0.3 is 0 Å². The van der Waals surface area contributed by atoms with Crippen LogP contribution in [0.25, 0.3) is 0 Å². The maximum absolute atomic E-state index is 11.3. The summed E-state index contributed by atoms with van der Waals surface area (Å²) in [7, 11) is 0. The molecule has 0 spiro atoms. The highest BCUT2D eigenvalue weighted by atomic mass is 35.5. The molecule has 1 aromatic rings. The summed E-state index contributed by atoms with van der Waals surface area (Å²) in [5.74, 6) is 0.511. The van der Waals surface area contributed by atoms with Gasteiger partial charge in [-0.3, -0.25) is 4.79 Å². The van der Waals surface area contributed by atoms with E-state index in [0.717, 1.165) is 13.0 Å². The molecule has 0 aromatic carbocycles. The van der Waals surface area contributed by atoms with Crippen LogP contribution in [-0.2, 0) is 11.3 Å². The minimum Gasteiger partial charge on any atom is -0.320 e. The van der Waals surface area contributed by atoms with Gasteiger partial charge in [0.1, 0.15) is 5.82 Å². The Balaban J connectivity index is 0.00000196. The van der Waals surface area contributed by atoms with Crippen molar-refractivity contribution < 1.29 is 4.79 Å². The Morgan fingerprint density at radius 2 is 2.40 bits per heavy atom. The van der Waals surface area contributed by atoms with Gasteiger partial charge < -0.3 is 11.1 Å². The molecule has 5 nitrogen and oxygen atoms in total. The zero-order chi connectivity index (χ0) is 10.6. The Labute approximate surface area is 95.4 Å². The second kappa shape index (κ2) is 6.42. The molecule has 1 amide bonds. The van der Waals surface area contributed by atoms with Crippen LogP contribution in [0.15, 0.2) is 12.3 Å². The summed E-state index contributed by atoms with van der Waals surface area (Å²) in [4.78, 5) is 11.3. The molecule has 0 aliphatic carbocycles.